The molecule has 0 spiro atoms. The first-order valence-corrected chi connectivity index (χ1v) is 10.4. The Hall–Kier alpha value is -4.10. The topological polar surface area (TPSA) is 101 Å². The van der Waals surface area contributed by atoms with Gasteiger partial charge in [-0.05, 0) is 45.0 Å². The van der Waals surface area contributed by atoms with Gasteiger partial charge in [-0.25, -0.2) is 19.9 Å². The summed E-state index contributed by atoms with van der Waals surface area (Å²) in [5, 5.41) is 13.2. The van der Waals surface area contributed by atoms with Gasteiger partial charge in [-0.15, -0.1) is 10.2 Å². The van der Waals surface area contributed by atoms with Gasteiger partial charge in [-0.2, -0.15) is 26.3 Å². The van der Waals surface area contributed by atoms with Crippen LogP contribution in [0.4, 0.5) is 43.7 Å². The molecule has 8 nitrogen and oxygen atoms in total. The smallest absolute Gasteiger partial charge is 0.364 e. The molecule has 0 aliphatic carbocycles. The van der Waals surface area contributed by atoms with Crippen LogP contribution in [0.2, 0.25) is 0 Å². The van der Waals surface area contributed by atoms with E-state index < -0.39 is 34.7 Å². The van der Waals surface area contributed by atoms with E-state index >= 15 is 0 Å². The van der Waals surface area contributed by atoms with Crippen molar-refractivity contribution in [2.24, 2.45) is 0 Å². The van der Waals surface area contributed by atoms with Crippen LogP contribution in [-0.4, -0.2) is 35.7 Å². The fourth-order valence-corrected chi connectivity index (χ4v) is 3.15. The van der Waals surface area contributed by atoms with Crippen molar-refractivity contribution in [3.63, 3.8) is 0 Å². The minimum atomic E-state index is -4.75. The van der Waals surface area contributed by atoms with Gasteiger partial charge in [-0.1, -0.05) is 0 Å². The van der Waals surface area contributed by atoms with Gasteiger partial charge in [0.25, 0.3) is 0 Å². The molecule has 4 heterocycles. The largest absolute Gasteiger partial charge is 0.418 e. The zero-order valence-electron chi connectivity index (χ0n) is 19.0. The number of alkyl halides is 6. The van der Waals surface area contributed by atoms with Gasteiger partial charge in [0, 0.05) is 17.9 Å². The van der Waals surface area contributed by atoms with Crippen molar-refractivity contribution in [2.45, 2.75) is 38.7 Å². The Labute approximate surface area is 200 Å². The summed E-state index contributed by atoms with van der Waals surface area (Å²) < 4.78 is 79.7. The molecular formula is C22H18F6N8. The zero-order chi connectivity index (χ0) is 26.3. The third-order valence-corrected chi connectivity index (χ3v) is 4.65. The highest BCUT2D eigenvalue weighted by Gasteiger charge is 2.36. The predicted octanol–water partition coefficient (Wildman–Crippen LogP) is 5.87. The van der Waals surface area contributed by atoms with Crippen LogP contribution in [0.1, 0.15) is 31.9 Å². The molecule has 0 unspecified atom stereocenters. The van der Waals surface area contributed by atoms with Crippen LogP contribution >= 0.6 is 0 Å². The lowest BCUT2D eigenvalue weighted by Gasteiger charge is -2.22. The summed E-state index contributed by atoms with van der Waals surface area (Å²) in [6.07, 6.45) is -6.20. The number of hydrogen-bond donors (Lipinski definition) is 2. The van der Waals surface area contributed by atoms with Gasteiger partial charge in [-0.3, -0.25) is 0 Å². The molecule has 4 aromatic rings. The lowest BCUT2D eigenvalue weighted by atomic mass is 10.1. The standard InChI is InChI=1S/C22H18F6N8/c1-20(2,3)34-16-8-12(22(26,27)28)17(36-35-16)14-10-31-18-13(6-7-29-19(18)33-14)32-15-5-4-11(9-30-15)21(23,24)25/h4-10H,1-3H3,(H,34,35)(H,29,30,32,33). The Morgan fingerprint density at radius 3 is 2.14 bits per heavy atom. The van der Waals surface area contributed by atoms with Crippen molar-refractivity contribution in [3.05, 3.63) is 54.0 Å². The van der Waals surface area contributed by atoms with Crippen molar-refractivity contribution >= 4 is 28.5 Å². The summed E-state index contributed by atoms with van der Waals surface area (Å²) in [5.41, 5.74) is -2.81. The van der Waals surface area contributed by atoms with E-state index in [0.29, 0.717) is 6.20 Å². The van der Waals surface area contributed by atoms with Gasteiger partial charge in [0.2, 0.25) is 0 Å². The molecule has 0 aromatic carbocycles. The van der Waals surface area contributed by atoms with Crippen LogP contribution < -0.4 is 10.6 Å². The Morgan fingerprint density at radius 2 is 1.53 bits per heavy atom. The average molecular weight is 508 g/mol. The second-order valence-electron chi connectivity index (χ2n) is 8.71. The highest BCUT2D eigenvalue weighted by atomic mass is 19.4. The van der Waals surface area contributed by atoms with E-state index in [4.69, 9.17) is 0 Å². The SMILES string of the molecule is CC(C)(C)Nc1cc(C(F)(F)F)c(-c2cnc3c(Nc4ccc(C(F)(F)F)cn4)ccnc3n2)nn1. The van der Waals surface area contributed by atoms with E-state index in [9.17, 15) is 26.3 Å². The van der Waals surface area contributed by atoms with Gasteiger partial charge in [0.1, 0.15) is 28.5 Å². The number of anilines is 3. The van der Waals surface area contributed by atoms with E-state index in [1.165, 1.54) is 12.3 Å². The highest BCUT2D eigenvalue weighted by Crippen LogP contribution is 2.37. The van der Waals surface area contributed by atoms with Crippen LogP contribution in [0.5, 0.6) is 0 Å². The van der Waals surface area contributed by atoms with Crippen molar-refractivity contribution in [1.29, 1.82) is 0 Å². The van der Waals surface area contributed by atoms with Crippen molar-refractivity contribution in [3.8, 4) is 11.4 Å². The summed E-state index contributed by atoms with van der Waals surface area (Å²) in [4.78, 5) is 16.1. The van der Waals surface area contributed by atoms with Gasteiger partial charge >= 0.3 is 12.4 Å². The number of nitrogens with zero attached hydrogens (tertiary/aromatic N) is 6. The van der Waals surface area contributed by atoms with Crippen molar-refractivity contribution < 1.29 is 26.3 Å². The van der Waals surface area contributed by atoms with Crippen molar-refractivity contribution in [1.82, 2.24) is 30.1 Å². The second-order valence-corrected chi connectivity index (χ2v) is 8.71. The molecule has 2 N–H and O–H groups in total. The maximum Gasteiger partial charge on any atom is 0.418 e. The normalized spacial score (nSPS) is 12.6. The van der Waals surface area contributed by atoms with E-state index in [1.807, 2.05) is 0 Å². The molecule has 188 valence electrons. The van der Waals surface area contributed by atoms with Crippen molar-refractivity contribution in [2.75, 3.05) is 10.6 Å². The summed E-state index contributed by atoms with van der Waals surface area (Å²) in [6.45, 7) is 5.30. The van der Waals surface area contributed by atoms with Gasteiger partial charge < -0.3 is 10.6 Å². The van der Waals surface area contributed by atoms with Crippen LogP contribution in [0.25, 0.3) is 22.6 Å². The number of halogens is 6. The zero-order valence-corrected chi connectivity index (χ0v) is 19.0. The Balaban J connectivity index is 1.70. The fourth-order valence-electron chi connectivity index (χ4n) is 3.15. The molecule has 0 aliphatic heterocycles. The summed E-state index contributed by atoms with van der Waals surface area (Å²) in [6, 6.07) is 4.32. The Morgan fingerprint density at radius 1 is 0.778 bits per heavy atom. The number of aromatic nitrogens is 6. The quantitative estimate of drug-likeness (QED) is 0.330. The maximum absolute atomic E-state index is 13.8. The third-order valence-electron chi connectivity index (χ3n) is 4.65. The number of rotatable bonds is 4. The molecular weight excluding hydrogens is 490 g/mol. The highest BCUT2D eigenvalue weighted by molar-refractivity contribution is 5.87. The molecule has 0 saturated carbocycles. The summed E-state index contributed by atoms with van der Waals surface area (Å²) in [5.74, 6) is 0.0366. The Kier molecular flexibility index (Phi) is 6.14. The monoisotopic (exact) mass is 508 g/mol. The minimum absolute atomic E-state index is 0.0174. The molecule has 0 radical (unpaired) electrons. The number of nitrogens with one attached hydrogen (secondary N) is 2. The minimum Gasteiger partial charge on any atom is -0.364 e. The van der Waals surface area contributed by atoms with Gasteiger partial charge in [0.05, 0.1) is 23.0 Å². The van der Waals surface area contributed by atoms with Crippen LogP contribution in [-0.2, 0) is 12.4 Å². The number of hydrogen-bond acceptors (Lipinski definition) is 8. The Bertz CT molecular complexity index is 1400. The van der Waals surface area contributed by atoms with Crippen LogP contribution in [0.15, 0.2) is 42.9 Å². The maximum atomic E-state index is 13.8. The third kappa shape index (κ3) is 5.58. The summed E-state index contributed by atoms with van der Waals surface area (Å²) in [7, 11) is 0. The molecule has 4 aromatic heterocycles. The van der Waals surface area contributed by atoms with Crippen LogP contribution in [0, 0.1) is 0 Å². The number of fused-ring (bicyclic) bond motifs is 1. The first-order valence-electron chi connectivity index (χ1n) is 10.4. The number of pyridine rings is 2. The predicted molar refractivity (Wildman–Crippen MR) is 119 cm³/mol. The second kappa shape index (κ2) is 8.84. The van der Waals surface area contributed by atoms with E-state index in [0.717, 1.165) is 24.4 Å². The summed E-state index contributed by atoms with van der Waals surface area (Å²) >= 11 is 0. The van der Waals surface area contributed by atoms with Crippen LogP contribution in [0.3, 0.4) is 0 Å². The first-order chi connectivity index (χ1) is 16.7. The lowest BCUT2D eigenvalue weighted by Crippen LogP contribution is -2.27. The molecule has 14 heteroatoms. The van der Waals surface area contributed by atoms with E-state index in [2.05, 4.69) is 40.8 Å². The van der Waals surface area contributed by atoms with E-state index in [-0.39, 0.29) is 34.2 Å². The average Bonchev–Trinajstić information content (AvgIpc) is 2.77. The molecule has 0 atom stereocenters. The van der Waals surface area contributed by atoms with E-state index in [1.54, 1.807) is 20.8 Å². The van der Waals surface area contributed by atoms with Gasteiger partial charge in [0.15, 0.2) is 5.65 Å². The molecule has 0 aliphatic rings. The molecule has 0 saturated heterocycles. The molecule has 0 bridgehead atoms. The fraction of sp³-hybridized carbons (Fsp3) is 0.273. The lowest BCUT2D eigenvalue weighted by molar-refractivity contribution is -0.138. The molecule has 36 heavy (non-hydrogen) atoms. The first kappa shape index (κ1) is 25.0. The molecule has 0 fully saturated rings. The molecule has 4 rings (SSSR count). The molecule has 0 amide bonds.